The summed E-state index contributed by atoms with van der Waals surface area (Å²) in [5, 5.41) is 7.42. The van der Waals surface area contributed by atoms with Crippen molar-refractivity contribution < 1.29 is 9.59 Å². The zero-order valence-electron chi connectivity index (χ0n) is 16.6. The van der Waals surface area contributed by atoms with Gasteiger partial charge in [-0.3, -0.25) is 15.0 Å². The molecule has 2 aliphatic heterocycles. The Kier molecular flexibility index (Phi) is 5.24. The number of carbonyl (C=O) groups is 2. The summed E-state index contributed by atoms with van der Waals surface area (Å²) >= 11 is 0. The second-order valence-electron chi connectivity index (χ2n) is 7.97. The average Bonchev–Trinajstić information content (AvgIpc) is 3.11. The van der Waals surface area contributed by atoms with Crippen LogP contribution in [-0.4, -0.2) is 52.2 Å². The largest absolute Gasteiger partial charge is 0.325 e. The predicted octanol–water partition coefficient (Wildman–Crippen LogP) is 2.43. The van der Waals surface area contributed by atoms with E-state index in [0.717, 1.165) is 55.6 Å². The maximum absolute atomic E-state index is 13.2. The van der Waals surface area contributed by atoms with Crippen molar-refractivity contribution in [2.45, 2.75) is 70.6 Å². The highest BCUT2D eigenvalue weighted by Gasteiger charge is 2.50. The third-order valence-corrected chi connectivity index (χ3v) is 6.07. The number of benzene rings is 1. The lowest BCUT2D eigenvalue weighted by Gasteiger charge is -2.51. The number of anilines is 1. The first kappa shape index (κ1) is 18.8. The number of hydrazone groups is 1. The van der Waals surface area contributed by atoms with Gasteiger partial charge in [-0.05, 0) is 37.8 Å². The molecule has 3 atom stereocenters. The molecule has 0 aromatic heterocycles. The van der Waals surface area contributed by atoms with Crippen LogP contribution < -0.4 is 10.7 Å². The van der Waals surface area contributed by atoms with Crippen molar-refractivity contribution in [2.24, 2.45) is 5.10 Å². The number of para-hydroxylation sites is 1. The highest BCUT2D eigenvalue weighted by atomic mass is 16.2. The highest BCUT2D eigenvalue weighted by Crippen LogP contribution is 2.35. The van der Waals surface area contributed by atoms with Gasteiger partial charge in [0.05, 0.1) is 12.1 Å². The van der Waals surface area contributed by atoms with Crippen molar-refractivity contribution in [3.8, 4) is 0 Å². The zero-order chi connectivity index (χ0) is 19.7. The number of carbonyl (C=O) groups excluding carboxylic acids is 2. The lowest BCUT2D eigenvalue weighted by atomic mass is 9.85. The number of nitrogens with one attached hydrogen (secondary N) is 2. The number of nitrogens with zero attached hydrogens (tertiary/aromatic N) is 3. The van der Waals surface area contributed by atoms with E-state index >= 15 is 0 Å². The maximum atomic E-state index is 13.2. The van der Waals surface area contributed by atoms with E-state index in [2.05, 4.69) is 27.7 Å². The van der Waals surface area contributed by atoms with Gasteiger partial charge in [-0.2, -0.15) is 5.10 Å². The molecule has 2 N–H and O–H groups in total. The van der Waals surface area contributed by atoms with Gasteiger partial charge in [0.2, 0.25) is 5.91 Å². The first-order valence-electron chi connectivity index (χ1n) is 10.4. The second kappa shape index (κ2) is 7.81. The van der Waals surface area contributed by atoms with Crippen molar-refractivity contribution in [2.75, 3.05) is 11.9 Å². The van der Waals surface area contributed by atoms with E-state index in [4.69, 9.17) is 0 Å². The normalized spacial score (nSPS) is 26.3. The van der Waals surface area contributed by atoms with Crippen LogP contribution in [0.25, 0.3) is 0 Å². The average molecular weight is 383 g/mol. The van der Waals surface area contributed by atoms with Gasteiger partial charge >= 0.3 is 0 Å². The maximum Gasteiger partial charge on any atom is 0.268 e. The molecule has 0 spiro atoms. The topological polar surface area (TPSA) is 77.0 Å². The van der Waals surface area contributed by atoms with Crippen LogP contribution in [0, 0.1) is 6.92 Å². The molecule has 2 amide bonds. The molecule has 0 bridgehead atoms. The van der Waals surface area contributed by atoms with Gasteiger partial charge in [0.1, 0.15) is 12.4 Å². The molecule has 7 heteroatoms. The number of fused-ring (bicyclic) bond motifs is 3. The zero-order valence-corrected chi connectivity index (χ0v) is 16.6. The van der Waals surface area contributed by atoms with Gasteiger partial charge in [-0.15, -0.1) is 0 Å². The summed E-state index contributed by atoms with van der Waals surface area (Å²) in [4.78, 5) is 30.0. The number of hydrogen-bond acceptors (Lipinski definition) is 5. The highest BCUT2D eigenvalue weighted by molar-refractivity contribution is 5.98. The third kappa shape index (κ3) is 3.34. The molecule has 28 heavy (non-hydrogen) atoms. The number of hydrogen-bond donors (Lipinski definition) is 2. The van der Waals surface area contributed by atoms with E-state index in [-0.39, 0.29) is 30.4 Å². The van der Waals surface area contributed by atoms with E-state index in [9.17, 15) is 9.59 Å². The monoisotopic (exact) mass is 383 g/mol. The molecule has 1 saturated heterocycles. The minimum Gasteiger partial charge on any atom is -0.325 e. The van der Waals surface area contributed by atoms with Crippen LogP contribution in [0.3, 0.4) is 0 Å². The van der Waals surface area contributed by atoms with Crippen LogP contribution in [-0.2, 0) is 9.59 Å². The summed E-state index contributed by atoms with van der Waals surface area (Å²) in [6.07, 6.45) is 5.63. The molecule has 150 valence electrons. The van der Waals surface area contributed by atoms with E-state index < -0.39 is 6.17 Å². The molecular formula is C21H29N5O2. The van der Waals surface area contributed by atoms with Crippen LogP contribution in [0.2, 0.25) is 0 Å². The number of rotatable bonds is 5. The van der Waals surface area contributed by atoms with E-state index in [1.807, 2.05) is 31.2 Å². The Morgan fingerprint density at radius 2 is 2.00 bits per heavy atom. The second-order valence-corrected chi connectivity index (χ2v) is 7.97. The SMILES string of the molecule is CCCC1=NNC2C(=O)N(CC(=O)Nc3ccccc3C)C3CCCCC3N12. The smallest absolute Gasteiger partial charge is 0.268 e. The Hall–Kier alpha value is -2.57. The number of amides is 2. The first-order chi connectivity index (χ1) is 13.6. The molecule has 2 fully saturated rings. The summed E-state index contributed by atoms with van der Waals surface area (Å²) in [5.41, 5.74) is 4.84. The molecule has 1 aromatic carbocycles. The number of piperazine rings is 1. The van der Waals surface area contributed by atoms with Gasteiger partial charge in [0.25, 0.3) is 5.91 Å². The molecule has 3 unspecified atom stereocenters. The Bertz CT molecular complexity index is 793. The standard InChI is InChI=1S/C21H29N5O2/c1-3-8-18-23-24-20-21(28)25(16-11-6-7-12-17(16)26(18)20)13-19(27)22-15-10-5-4-9-14(15)2/h4-5,9-10,16-17,20,24H,3,6-8,11-13H2,1-2H3,(H,22,27). The van der Waals surface area contributed by atoms with Gasteiger partial charge in [0, 0.05) is 12.1 Å². The molecule has 3 aliphatic rings. The third-order valence-electron chi connectivity index (χ3n) is 6.07. The molecular weight excluding hydrogens is 354 g/mol. The lowest BCUT2D eigenvalue weighted by molar-refractivity contribution is -0.151. The van der Waals surface area contributed by atoms with Gasteiger partial charge < -0.3 is 15.1 Å². The molecule has 1 saturated carbocycles. The van der Waals surface area contributed by atoms with Crippen LogP contribution >= 0.6 is 0 Å². The van der Waals surface area contributed by atoms with Crippen LogP contribution in [0.1, 0.15) is 51.0 Å². The van der Waals surface area contributed by atoms with Crippen molar-refractivity contribution in [3.63, 3.8) is 0 Å². The molecule has 0 radical (unpaired) electrons. The van der Waals surface area contributed by atoms with E-state index in [1.54, 1.807) is 4.90 Å². The summed E-state index contributed by atoms with van der Waals surface area (Å²) < 4.78 is 0. The molecule has 2 heterocycles. The van der Waals surface area contributed by atoms with Gasteiger partial charge in [-0.1, -0.05) is 38.0 Å². The summed E-state index contributed by atoms with van der Waals surface area (Å²) in [6.45, 7) is 4.18. The van der Waals surface area contributed by atoms with Crippen molar-refractivity contribution in [1.29, 1.82) is 0 Å². The molecule has 4 rings (SSSR count). The van der Waals surface area contributed by atoms with Gasteiger partial charge in [-0.25, -0.2) is 0 Å². The van der Waals surface area contributed by atoms with Crippen LogP contribution in [0.15, 0.2) is 29.4 Å². The Morgan fingerprint density at radius 1 is 1.25 bits per heavy atom. The van der Waals surface area contributed by atoms with Crippen LogP contribution in [0.4, 0.5) is 5.69 Å². The lowest BCUT2D eigenvalue weighted by Crippen LogP contribution is -2.69. The van der Waals surface area contributed by atoms with E-state index in [0.29, 0.717) is 0 Å². The Morgan fingerprint density at radius 3 is 2.75 bits per heavy atom. The molecule has 7 nitrogen and oxygen atoms in total. The van der Waals surface area contributed by atoms with Crippen molar-refractivity contribution in [3.05, 3.63) is 29.8 Å². The summed E-state index contributed by atoms with van der Waals surface area (Å²) in [7, 11) is 0. The fraction of sp³-hybridized carbons (Fsp3) is 0.571. The summed E-state index contributed by atoms with van der Waals surface area (Å²) in [5.74, 6) is 0.799. The number of aryl methyl sites for hydroxylation is 1. The van der Waals surface area contributed by atoms with Gasteiger partial charge in [0.15, 0.2) is 6.17 Å². The minimum absolute atomic E-state index is 0.0436. The molecule has 1 aromatic rings. The van der Waals surface area contributed by atoms with Crippen molar-refractivity contribution >= 4 is 23.3 Å². The fourth-order valence-electron chi connectivity index (χ4n) is 4.72. The first-order valence-corrected chi connectivity index (χ1v) is 10.4. The Balaban J connectivity index is 1.52. The fourth-order valence-corrected chi connectivity index (χ4v) is 4.72. The molecule has 1 aliphatic carbocycles. The Labute approximate surface area is 166 Å². The van der Waals surface area contributed by atoms with Crippen molar-refractivity contribution in [1.82, 2.24) is 15.2 Å². The predicted molar refractivity (Wildman–Crippen MR) is 109 cm³/mol. The van der Waals surface area contributed by atoms with E-state index in [1.165, 1.54) is 0 Å². The minimum atomic E-state index is -0.466. The number of amidine groups is 1. The quantitative estimate of drug-likeness (QED) is 0.819. The van der Waals surface area contributed by atoms with Crippen LogP contribution in [0.5, 0.6) is 0 Å². The summed E-state index contributed by atoms with van der Waals surface area (Å²) in [6, 6.07) is 8.01.